The van der Waals surface area contributed by atoms with E-state index in [1.807, 2.05) is 30.3 Å². The number of methoxy groups -OCH3 is 1. The highest BCUT2D eigenvalue weighted by Gasteiger charge is 2.35. The van der Waals surface area contributed by atoms with Crippen molar-refractivity contribution >= 4 is 52.2 Å². The van der Waals surface area contributed by atoms with Gasteiger partial charge in [-0.25, -0.2) is 0 Å². The van der Waals surface area contributed by atoms with Crippen LogP contribution in [0.3, 0.4) is 0 Å². The minimum absolute atomic E-state index is 0.157. The average Bonchev–Trinajstić information content (AvgIpc) is 2.90. The van der Waals surface area contributed by atoms with E-state index in [1.165, 1.54) is 7.11 Å². The largest absolute Gasteiger partial charge is 0.495 e. The lowest BCUT2D eigenvalue weighted by Gasteiger charge is -2.13. The molecule has 1 saturated heterocycles. The molecule has 0 saturated carbocycles. The molecule has 5 nitrogen and oxygen atoms in total. The van der Waals surface area contributed by atoms with Crippen molar-refractivity contribution in [2.75, 3.05) is 20.3 Å². The number of thioether (sulfide) groups is 1. The molecule has 0 atom stereocenters. The van der Waals surface area contributed by atoms with Gasteiger partial charge in [-0.2, -0.15) is 0 Å². The fourth-order valence-corrected chi connectivity index (χ4v) is 3.95. The van der Waals surface area contributed by atoms with E-state index >= 15 is 0 Å². The van der Waals surface area contributed by atoms with Gasteiger partial charge in [0.15, 0.2) is 0 Å². The Bertz CT molecular complexity index is 902. The van der Waals surface area contributed by atoms with E-state index in [1.54, 1.807) is 18.2 Å². The van der Waals surface area contributed by atoms with Crippen molar-refractivity contribution in [1.82, 2.24) is 4.90 Å². The molecule has 1 aliphatic heterocycles. The Labute approximate surface area is 170 Å². The minimum atomic E-state index is -0.389. The van der Waals surface area contributed by atoms with Gasteiger partial charge in [0.05, 0.1) is 23.6 Å². The molecule has 0 aromatic heterocycles. The number of hydrogen-bond donors (Lipinski definition) is 0. The zero-order valence-corrected chi connectivity index (χ0v) is 16.6. The van der Waals surface area contributed by atoms with E-state index in [9.17, 15) is 9.59 Å². The van der Waals surface area contributed by atoms with Crippen molar-refractivity contribution in [2.45, 2.75) is 0 Å². The first-order chi connectivity index (χ1) is 13.0. The summed E-state index contributed by atoms with van der Waals surface area (Å²) in [6, 6.07) is 12.4. The third-order valence-corrected chi connectivity index (χ3v) is 5.13. The fraction of sp³-hybridized carbons (Fsp3) is 0.158. The molecule has 0 unspecified atom stereocenters. The van der Waals surface area contributed by atoms with Gasteiger partial charge in [-0.1, -0.05) is 41.4 Å². The monoisotopic (exact) mass is 423 g/mol. The number of hydrogen-bond acceptors (Lipinski definition) is 5. The number of halogens is 2. The summed E-state index contributed by atoms with van der Waals surface area (Å²) in [5.41, 5.74) is 0.529. The Morgan fingerprint density at radius 1 is 1.15 bits per heavy atom. The summed E-state index contributed by atoms with van der Waals surface area (Å²) in [6.45, 7) is 0.367. The standard InChI is InChI=1S/C19H15Cl2NO4S/c1-25-17-12(9-13(20)11-15(17)21)10-16-18(23)22(19(24)27-16)7-8-26-14-5-3-2-4-6-14/h2-6,9-11H,7-8H2,1H3/b16-10-. The van der Waals surface area contributed by atoms with Crippen LogP contribution in [0.15, 0.2) is 47.4 Å². The lowest BCUT2D eigenvalue weighted by atomic mass is 10.2. The van der Waals surface area contributed by atoms with Crippen LogP contribution in [0, 0.1) is 0 Å². The maximum absolute atomic E-state index is 12.6. The molecule has 2 aromatic rings. The summed E-state index contributed by atoms with van der Waals surface area (Å²) >= 11 is 13.0. The summed E-state index contributed by atoms with van der Waals surface area (Å²) in [7, 11) is 1.47. The lowest BCUT2D eigenvalue weighted by molar-refractivity contribution is -0.123. The van der Waals surface area contributed by atoms with Gasteiger partial charge in [0.25, 0.3) is 11.1 Å². The van der Waals surface area contributed by atoms with E-state index in [-0.39, 0.29) is 29.2 Å². The summed E-state index contributed by atoms with van der Waals surface area (Å²) in [5.74, 6) is 0.679. The molecule has 27 heavy (non-hydrogen) atoms. The van der Waals surface area contributed by atoms with Gasteiger partial charge >= 0.3 is 0 Å². The molecule has 0 spiro atoms. The number of amides is 2. The zero-order chi connectivity index (χ0) is 19.4. The van der Waals surface area contributed by atoms with Gasteiger partial charge in [-0.3, -0.25) is 14.5 Å². The van der Waals surface area contributed by atoms with Gasteiger partial charge < -0.3 is 9.47 Å². The van der Waals surface area contributed by atoms with Crippen molar-refractivity contribution in [3.05, 3.63) is 63.0 Å². The number of carbonyl (C=O) groups is 2. The van der Waals surface area contributed by atoms with Crippen molar-refractivity contribution in [2.24, 2.45) is 0 Å². The highest BCUT2D eigenvalue weighted by Crippen LogP contribution is 2.37. The van der Waals surface area contributed by atoms with E-state index in [4.69, 9.17) is 32.7 Å². The van der Waals surface area contributed by atoms with Crippen LogP contribution >= 0.6 is 35.0 Å². The van der Waals surface area contributed by atoms with Crippen LogP contribution in [0.1, 0.15) is 5.56 Å². The van der Waals surface area contributed by atoms with Gasteiger partial charge in [0, 0.05) is 10.6 Å². The SMILES string of the molecule is COc1c(Cl)cc(Cl)cc1/C=C1\SC(=O)N(CCOc2ccccc2)C1=O. The molecule has 3 rings (SSSR count). The Morgan fingerprint density at radius 3 is 2.59 bits per heavy atom. The maximum atomic E-state index is 12.6. The van der Waals surface area contributed by atoms with Crippen molar-refractivity contribution in [3.63, 3.8) is 0 Å². The third-order valence-electron chi connectivity index (χ3n) is 3.73. The van der Waals surface area contributed by atoms with Gasteiger partial charge in [0.1, 0.15) is 18.1 Å². The number of rotatable bonds is 6. The van der Waals surface area contributed by atoms with Crippen molar-refractivity contribution < 1.29 is 19.1 Å². The molecule has 0 bridgehead atoms. The average molecular weight is 424 g/mol. The van der Waals surface area contributed by atoms with E-state index in [0.717, 1.165) is 16.7 Å². The van der Waals surface area contributed by atoms with Crippen LogP contribution in [0.25, 0.3) is 6.08 Å². The van der Waals surface area contributed by atoms with Crippen molar-refractivity contribution in [1.29, 1.82) is 0 Å². The number of imide groups is 1. The quantitative estimate of drug-likeness (QED) is 0.603. The second-order valence-corrected chi connectivity index (χ2v) is 7.34. The van der Waals surface area contributed by atoms with Gasteiger partial charge in [0.2, 0.25) is 0 Å². The minimum Gasteiger partial charge on any atom is -0.495 e. The molecule has 0 radical (unpaired) electrons. The Kier molecular flexibility index (Phi) is 6.31. The number of ether oxygens (including phenoxy) is 2. The number of para-hydroxylation sites is 1. The first kappa shape index (κ1) is 19.6. The molecular weight excluding hydrogens is 409 g/mol. The second-order valence-electron chi connectivity index (χ2n) is 5.50. The third kappa shape index (κ3) is 4.58. The number of benzene rings is 2. The molecule has 2 amide bonds. The number of carbonyl (C=O) groups excluding carboxylic acids is 2. The molecule has 2 aromatic carbocycles. The highest BCUT2D eigenvalue weighted by molar-refractivity contribution is 8.18. The topological polar surface area (TPSA) is 55.8 Å². The maximum Gasteiger partial charge on any atom is 0.293 e. The summed E-state index contributed by atoms with van der Waals surface area (Å²) < 4.78 is 10.8. The molecule has 1 heterocycles. The Morgan fingerprint density at radius 2 is 1.89 bits per heavy atom. The predicted octanol–water partition coefficient (Wildman–Crippen LogP) is 5.12. The van der Waals surface area contributed by atoms with Gasteiger partial charge in [-0.05, 0) is 42.1 Å². The first-order valence-corrected chi connectivity index (χ1v) is 9.53. The molecule has 8 heteroatoms. The smallest absolute Gasteiger partial charge is 0.293 e. The van der Waals surface area contributed by atoms with Crippen LogP contribution in [-0.2, 0) is 4.79 Å². The van der Waals surface area contributed by atoms with E-state index in [0.29, 0.717) is 27.1 Å². The van der Waals surface area contributed by atoms with Crippen molar-refractivity contribution in [3.8, 4) is 11.5 Å². The fourth-order valence-electron chi connectivity index (χ4n) is 2.51. The summed E-state index contributed by atoms with van der Waals surface area (Å²) in [6.07, 6.45) is 1.56. The molecule has 0 N–H and O–H groups in total. The summed E-state index contributed by atoms with van der Waals surface area (Å²) in [5, 5.41) is 0.379. The van der Waals surface area contributed by atoms with Crippen LogP contribution < -0.4 is 9.47 Å². The first-order valence-electron chi connectivity index (χ1n) is 7.96. The highest BCUT2D eigenvalue weighted by atomic mass is 35.5. The van der Waals surface area contributed by atoms with Crippen LogP contribution in [0.2, 0.25) is 10.0 Å². The molecule has 1 aliphatic rings. The molecule has 1 fully saturated rings. The Balaban J connectivity index is 1.73. The van der Waals surface area contributed by atoms with Gasteiger partial charge in [-0.15, -0.1) is 0 Å². The van der Waals surface area contributed by atoms with Crippen LogP contribution in [0.4, 0.5) is 4.79 Å². The van der Waals surface area contributed by atoms with E-state index < -0.39 is 0 Å². The second kappa shape index (κ2) is 8.69. The summed E-state index contributed by atoms with van der Waals surface area (Å²) in [4.78, 5) is 26.2. The molecular formula is C19H15Cl2NO4S. The molecule has 140 valence electrons. The predicted molar refractivity (Wildman–Crippen MR) is 108 cm³/mol. The van der Waals surface area contributed by atoms with Crippen LogP contribution in [0.5, 0.6) is 11.5 Å². The normalized spacial score (nSPS) is 15.5. The van der Waals surface area contributed by atoms with Crippen LogP contribution in [-0.4, -0.2) is 36.3 Å². The van der Waals surface area contributed by atoms with E-state index in [2.05, 4.69) is 0 Å². The zero-order valence-electron chi connectivity index (χ0n) is 14.3. The lowest BCUT2D eigenvalue weighted by Crippen LogP contribution is -2.32. The molecule has 0 aliphatic carbocycles. The Hall–Kier alpha value is -2.15. The number of nitrogens with zero attached hydrogens (tertiary/aromatic N) is 1.